The maximum Gasteiger partial charge on any atom is 0.410 e. The van der Waals surface area contributed by atoms with Crippen LogP contribution in [0, 0.1) is 0 Å². The van der Waals surface area contributed by atoms with Gasteiger partial charge in [-0.2, -0.15) is 0 Å². The second-order valence-electron chi connectivity index (χ2n) is 7.37. The number of piperidine rings is 1. The van der Waals surface area contributed by atoms with Crippen LogP contribution < -0.4 is 4.74 Å². The third-order valence-corrected chi connectivity index (χ3v) is 5.36. The van der Waals surface area contributed by atoms with Gasteiger partial charge in [0.05, 0.1) is 6.54 Å². The second kappa shape index (κ2) is 6.81. The first-order chi connectivity index (χ1) is 12.5. The van der Waals surface area contributed by atoms with E-state index in [2.05, 4.69) is 9.88 Å². The maximum atomic E-state index is 11.6. The summed E-state index contributed by atoms with van der Waals surface area (Å²) in [4.78, 5) is 18.6. The number of likely N-dealkylation sites (N-methyl/N-ethyl adjacent to an activating group) is 1. The Labute approximate surface area is 152 Å². The number of aliphatic hydroxyl groups excluding tert-OH is 1. The third kappa shape index (κ3) is 3.37. The molecule has 1 unspecified atom stereocenters. The van der Waals surface area contributed by atoms with E-state index in [-0.39, 0.29) is 18.3 Å². The first-order valence-corrected chi connectivity index (χ1v) is 9.08. The molecule has 0 radical (unpaired) electrons. The van der Waals surface area contributed by atoms with Gasteiger partial charge >= 0.3 is 6.09 Å². The molecule has 1 atom stereocenters. The van der Waals surface area contributed by atoms with Gasteiger partial charge in [-0.15, -0.1) is 0 Å². The van der Waals surface area contributed by atoms with Crippen LogP contribution in [0.4, 0.5) is 4.79 Å². The second-order valence-corrected chi connectivity index (χ2v) is 7.37. The van der Waals surface area contributed by atoms with E-state index in [9.17, 15) is 9.90 Å². The highest BCUT2D eigenvalue weighted by molar-refractivity contribution is 5.85. The highest BCUT2D eigenvalue weighted by atomic mass is 16.6. The average molecular weight is 359 g/mol. The normalized spacial score (nSPS) is 21.3. The molecule has 1 amide bonds. The molecule has 1 aromatic heterocycles. The van der Waals surface area contributed by atoms with Gasteiger partial charge in [-0.25, -0.2) is 4.79 Å². The maximum absolute atomic E-state index is 11.6. The molecular weight excluding hydrogens is 334 g/mol. The molecule has 0 aliphatic carbocycles. The quantitative estimate of drug-likeness (QED) is 0.852. The molecule has 26 heavy (non-hydrogen) atoms. The number of amides is 1. The van der Waals surface area contributed by atoms with E-state index in [1.54, 1.807) is 11.9 Å². The number of hydrogen-bond donors (Lipinski definition) is 2. The number of aromatic nitrogens is 1. The van der Waals surface area contributed by atoms with Gasteiger partial charge in [-0.3, -0.25) is 0 Å². The summed E-state index contributed by atoms with van der Waals surface area (Å²) in [6, 6.07) is 7.82. The van der Waals surface area contributed by atoms with Crippen molar-refractivity contribution in [1.82, 2.24) is 14.8 Å². The molecule has 2 fully saturated rings. The Balaban J connectivity index is 1.26. The van der Waals surface area contributed by atoms with E-state index in [4.69, 9.17) is 9.47 Å². The highest BCUT2D eigenvalue weighted by Gasteiger charge is 2.45. The first kappa shape index (κ1) is 17.2. The SMILES string of the molecule is CN1CC2(CCN(CC(O)COc3cccc4[nH]ccc34)CC2)OC1=O. The van der Waals surface area contributed by atoms with Crippen LogP contribution in [-0.2, 0) is 4.74 Å². The number of aromatic amines is 1. The van der Waals surface area contributed by atoms with Crippen LogP contribution >= 0.6 is 0 Å². The van der Waals surface area contributed by atoms with Crippen molar-refractivity contribution in [2.45, 2.75) is 24.5 Å². The number of carbonyl (C=O) groups excluding carboxylic acids is 1. The molecule has 3 heterocycles. The smallest absolute Gasteiger partial charge is 0.410 e. The number of rotatable bonds is 5. The number of β-amino-alcohol motifs (C(OH)–C–C–N with tert-alkyl or cyclic N) is 1. The average Bonchev–Trinajstić information content (AvgIpc) is 3.21. The van der Waals surface area contributed by atoms with E-state index in [0.29, 0.717) is 13.1 Å². The summed E-state index contributed by atoms with van der Waals surface area (Å²) < 4.78 is 11.4. The predicted molar refractivity (Wildman–Crippen MR) is 97.3 cm³/mol. The fraction of sp³-hybridized carbons (Fsp3) is 0.526. The molecule has 4 rings (SSSR count). The molecule has 0 saturated carbocycles. The van der Waals surface area contributed by atoms with Crippen LogP contribution in [0.5, 0.6) is 5.75 Å². The summed E-state index contributed by atoms with van der Waals surface area (Å²) in [7, 11) is 1.77. The van der Waals surface area contributed by atoms with E-state index >= 15 is 0 Å². The fourth-order valence-corrected chi connectivity index (χ4v) is 3.91. The van der Waals surface area contributed by atoms with Crippen LogP contribution in [0.3, 0.4) is 0 Å². The minimum Gasteiger partial charge on any atom is -0.490 e. The molecule has 2 N–H and O–H groups in total. The zero-order valence-corrected chi connectivity index (χ0v) is 15.0. The summed E-state index contributed by atoms with van der Waals surface area (Å²) in [5.41, 5.74) is 0.683. The van der Waals surface area contributed by atoms with Gasteiger partial charge < -0.3 is 29.4 Å². The van der Waals surface area contributed by atoms with Gasteiger partial charge in [0.1, 0.15) is 24.1 Å². The molecule has 7 heteroatoms. The van der Waals surface area contributed by atoms with Crippen molar-refractivity contribution in [2.24, 2.45) is 0 Å². The van der Waals surface area contributed by atoms with Crippen LogP contribution in [0.25, 0.3) is 10.9 Å². The number of nitrogens with one attached hydrogen (secondary N) is 1. The number of fused-ring (bicyclic) bond motifs is 1. The summed E-state index contributed by atoms with van der Waals surface area (Å²) in [6.45, 7) is 3.09. The number of likely N-dealkylation sites (tertiary alicyclic amines) is 1. The van der Waals surface area contributed by atoms with Crippen LogP contribution in [-0.4, -0.2) is 77.5 Å². The predicted octanol–water partition coefficient (Wildman–Crippen LogP) is 1.82. The standard InChI is InChI=1S/C19H25N3O4/c1-21-13-19(26-18(21)24)6-9-22(10-7-19)11-14(23)12-25-17-4-2-3-16-15(17)5-8-20-16/h2-5,8,14,20,23H,6-7,9-13H2,1H3. The summed E-state index contributed by atoms with van der Waals surface area (Å²) in [5, 5.41) is 11.4. The number of benzene rings is 1. The van der Waals surface area contributed by atoms with Crippen molar-refractivity contribution in [3.05, 3.63) is 30.5 Å². The van der Waals surface area contributed by atoms with Crippen molar-refractivity contribution >= 4 is 17.0 Å². The van der Waals surface area contributed by atoms with Crippen LogP contribution in [0.2, 0.25) is 0 Å². The third-order valence-electron chi connectivity index (χ3n) is 5.36. The van der Waals surface area contributed by atoms with Crippen molar-refractivity contribution in [1.29, 1.82) is 0 Å². The van der Waals surface area contributed by atoms with E-state index in [1.807, 2.05) is 30.5 Å². The lowest BCUT2D eigenvalue weighted by Crippen LogP contribution is -2.49. The molecule has 1 spiro atoms. The molecule has 7 nitrogen and oxygen atoms in total. The summed E-state index contributed by atoms with van der Waals surface area (Å²) >= 11 is 0. The first-order valence-electron chi connectivity index (χ1n) is 9.08. The lowest BCUT2D eigenvalue weighted by Gasteiger charge is -2.38. The van der Waals surface area contributed by atoms with E-state index < -0.39 is 6.10 Å². The molecular formula is C19H25N3O4. The lowest BCUT2D eigenvalue weighted by atomic mass is 9.91. The number of aliphatic hydroxyl groups is 1. The monoisotopic (exact) mass is 359 g/mol. The molecule has 1 aromatic carbocycles. The van der Waals surface area contributed by atoms with E-state index in [1.165, 1.54) is 0 Å². The number of carbonyl (C=O) groups is 1. The zero-order chi connectivity index (χ0) is 18.1. The highest BCUT2D eigenvalue weighted by Crippen LogP contribution is 2.32. The minimum absolute atomic E-state index is 0.231. The Hall–Kier alpha value is -2.25. The van der Waals surface area contributed by atoms with Crippen molar-refractivity contribution < 1.29 is 19.4 Å². The fourth-order valence-electron chi connectivity index (χ4n) is 3.91. The minimum atomic E-state index is -0.563. The number of nitrogens with zero attached hydrogens (tertiary/aromatic N) is 2. The Morgan fingerprint density at radius 2 is 2.15 bits per heavy atom. The Morgan fingerprint density at radius 1 is 1.35 bits per heavy atom. The van der Waals surface area contributed by atoms with Gasteiger partial charge in [-0.05, 0) is 18.2 Å². The van der Waals surface area contributed by atoms with Crippen molar-refractivity contribution in [3.63, 3.8) is 0 Å². The zero-order valence-electron chi connectivity index (χ0n) is 15.0. The van der Waals surface area contributed by atoms with Crippen molar-refractivity contribution in [2.75, 3.05) is 39.8 Å². The largest absolute Gasteiger partial charge is 0.490 e. The topological polar surface area (TPSA) is 78.0 Å². The van der Waals surface area contributed by atoms with Gasteiger partial charge in [0.25, 0.3) is 0 Å². The molecule has 2 aromatic rings. The number of H-pyrrole nitrogens is 1. The number of hydrogen-bond acceptors (Lipinski definition) is 5. The van der Waals surface area contributed by atoms with E-state index in [0.717, 1.165) is 42.6 Å². The van der Waals surface area contributed by atoms with Gasteiger partial charge in [-0.1, -0.05) is 6.07 Å². The summed E-state index contributed by atoms with van der Waals surface area (Å²) in [6.07, 6.45) is 2.70. The summed E-state index contributed by atoms with van der Waals surface area (Å²) in [5.74, 6) is 0.779. The molecule has 0 bridgehead atoms. The Bertz CT molecular complexity index is 782. The van der Waals surface area contributed by atoms with Gasteiger partial charge in [0, 0.05) is 56.6 Å². The molecule has 2 saturated heterocycles. The molecule has 140 valence electrons. The van der Waals surface area contributed by atoms with Crippen LogP contribution in [0.15, 0.2) is 30.5 Å². The Kier molecular flexibility index (Phi) is 4.50. The van der Waals surface area contributed by atoms with Crippen molar-refractivity contribution in [3.8, 4) is 5.75 Å². The van der Waals surface area contributed by atoms with Gasteiger partial charge in [0.2, 0.25) is 0 Å². The van der Waals surface area contributed by atoms with Gasteiger partial charge in [0.15, 0.2) is 0 Å². The molecule has 2 aliphatic heterocycles. The number of ether oxygens (including phenoxy) is 2. The Morgan fingerprint density at radius 3 is 2.88 bits per heavy atom. The van der Waals surface area contributed by atoms with Crippen LogP contribution in [0.1, 0.15) is 12.8 Å². The lowest BCUT2D eigenvalue weighted by molar-refractivity contribution is -0.0143. The molecule has 2 aliphatic rings.